The third-order valence-electron chi connectivity index (χ3n) is 0.815. The van der Waals surface area contributed by atoms with E-state index in [2.05, 4.69) is 25.4 Å². The monoisotopic (exact) mass is 222 g/mol. The molecule has 64 valence electrons. The van der Waals surface area contributed by atoms with Crippen molar-refractivity contribution in [2.75, 3.05) is 18.5 Å². The molecule has 0 amide bonds. The predicted molar refractivity (Wildman–Crippen MR) is 45.9 cm³/mol. The lowest BCUT2D eigenvalue weighted by atomic mass is 10.6. The van der Waals surface area contributed by atoms with Crippen molar-refractivity contribution in [3.63, 3.8) is 0 Å². The number of alkyl halides is 1. The molecule has 0 aromatic heterocycles. The Morgan fingerprint density at radius 2 is 2.18 bits per heavy atom. The highest BCUT2D eigenvalue weighted by molar-refractivity contribution is 9.09. The quantitative estimate of drug-likeness (QED) is 0.416. The van der Waals surface area contributed by atoms with Crippen molar-refractivity contribution in [2.45, 2.75) is 6.92 Å². The summed E-state index contributed by atoms with van der Waals surface area (Å²) in [7, 11) is 0. The first-order valence-corrected chi connectivity index (χ1v) is 4.44. The van der Waals surface area contributed by atoms with Crippen LogP contribution in [0.3, 0.4) is 0 Å². The van der Waals surface area contributed by atoms with E-state index in [-0.39, 0.29) is 6.61 Å². The Morgan fingerprint density at radius 1 is 1.45 bits per heavy atom. The molecule has 4 heteroatoms. The van der Waals surface area contributed by atoms with Gasteiger partial charge in [0, 0.05) is 5.33 Å². The van der Waals surface area contributed by atoms with E-state index in [4.69, 9.17) is 0 Å². The lowest BCUT2D eigenvalue weighted by Crippen LogP contribution is -2.06. The Morgan fingerprint density at radius 3 is 2.73 bits per heavy atom. The van der Waals surface area contributed by atoms with Crippen LogP contribution in [0.2, 0.25) is 0 Å². The zero-order valence-electron chi connectivity index (χ0n) is 6.38. The SMILES string of the molecule is CCOC(=O)OC/C=C\CBr. The van der Waals surface area contributed by atoms with Gasteiger partial charge >= 0.3 is 6.16 Å². The van der Waals surface area contributed by atoms with Crippen LogP contribution in [0.4, 0.5) is 4.79 Å². The van der Waals surface area contributed by atoms with Crippen molar-refractivity contribution in [3.8, 4) is 0 Å². The highest BCUT2D eigenvalue weighted by Gasteiger charge is 1.97. The molecule has 0 bridgehead atoms. The van der Waals surface area contributed by atoms with Crippen molar-refractivity contribution in [1.29, 1.82) is 0 Å². The number of ether oxygens (including phenoxy) is 2. The largest absolute Gasteiger partial charge is 0.508 e. The van der Waals surface area contributed by atoms with E-state index in [1.807, 2.05) is 6.08 Å². The summed E-state index contributed by atoms with van der Waals surface area (Å²) in [5.74, 6) is 0. The van der Waals surface area contributed by atoms with Crippen LogP contribution >= 0.6 is 15.9 Å². The molecule has 0 atom stereocenters. The van der Waals surface area contributed by atoms with Gasteiger partial charge in [-0.25, -0.2) is 4.79 Å². The Kier molecular flexibility index (Phi) is 7.24. The summed E-state index contributed by atoms with van der Waals surface area (Å²) >= 11 is 3.19. The molecule has 0 aromatic carbocycles. The van der Waals surface area contributed by atoms with Gasteiger partial charge in [-0.05, 0) is 6.92 Å². The number of carbonyl (C=O) groups excluding carboxylic acids is 1. The van der Waals surface area contributed by atoms with Crippen LogP contribution < -0.4 is 0 Å². The molecule has 0 aliphatic heterocycles. The molecule has 0 saturated carbocycles. The Bertz CT molecular complexity index is 134. The van der Waals surface area contributed by atoms with Crippen LogP contribution in [0.25, 0.3) is 0 Å². The van der Waals surface area contributed by atoms with Crippen molar-refractivity contribution in [2.24, 2.45) is 0 Å². The zero-order valence-corrected chi connectivity index (χ0v) is 7.96. The maximum atomic E-state index is 10.5. The van der Waals surface area contributed by atoms with Gasteiger partial charge in [-0.2, -0.15) is 0 Å². The molecular formula is C7H11BrO3. The van der Waals surface area contributed by atoms with E-state index in [1.165, 1.54) is 0 Å². The van der Waals surface area contributed by atoms with Gasteiger partial charge in [0.15, 0.2) is 0 Å². The van der Waals surface area contributed by atoms with E-state index in [0.29, 0.717) is 6.61 Å². The summed E-state index contributed by atoms with van der Waals surface area (Å²) in [6.07, 6.45) is 2.97. The molecule has 0 radical (unpaired) electrons. The molecular weight excluding hydrogens is 212 g/mol. The number of halogens is 1. The lowest BCUT2D eigenvalue weighted by molar-refractivity contribution is 0.0673. The second kappa shape index (κ2) is 7.60. The topological polar surface area (TPSA) is 35.5 Å². The molecule has 3 nitrogen and oxygen atoms in total. The fraction of sp³-hybridized carbons (Fsp3) is 0.571. The van der Waals surface area contributed by atoms with Gasteiger partial charge in [0.05, 0.1) is 6.61 Å². The first kappa shape index (κ1) is 10.5. The minimum atomic E-state index is -0.619. The van der Waals surface area contributed by atoms with Crippen molar-refractivity contribution in [3.05, 3.63) is 12.2 Å². The van der Waals surface area contributed by atoms with Gasteiger partial charge in [0.2, 0.25) is 0 Å². The lowest BCUT2D eigenvalue weighted by Gasteiger charge is -1.99. The maximum absolute atomic E-state index is 10.5. The second-order valence-corrected chi connectivity index (χ2v) is 2.27. The molecule has 0 spiro atoms. The van der Waals surface area contributed by atoms with Gasteiger partial charge in [-0.3, -0.25) is 0 Å². The highest BCUT2D eigenvalue weighted by atomic mass is 79.9. The van der Waals surface area contributed by atoms with Gasteiger partial charge in [0.1, 0.15) is 6.61 Å². The van der Waals surface area contributed by atoms with Crippen LogP contribution in [0, 0.1) is 0 Å². The summed E-state index contributed by atoms with van der Waals surface area (Å²) in [5, 5.41) is 0.763. The summed E-state index contributed by atoms with van der Waals surface area (Å²) in [6, 6.07) is 0. The molecule has 0 saturated heterocycles. The third-order valence-corrected chi connectivity index (χ3v) is 1.19. The third kappa shape index (κ3) is 7.39. The van der Waals surface area contributed by atoms with Crippen LogP contribution in [0.5, 0.6) is 0 Å². The number of carbonyl (C=O) groups is 1. The maximum Gasteiger partial charge on any atom is 0.508 e. The minimum absolute atomic E-state index is 0.268. The van der Waals surface area contributed by atoms with Crippen molar-refractivity contribution >= 4 is 22.1 Å². The number of hydrogen-bond donors (Lipinski definition) is 0. The summed E-state index contributed by atoms with van der Waals surface area (Å²) < 4.78 is 9.13. The van der Waals surface area contributed by atoms with Crippen molar-refractivity contribution < 1.29 is 14.3 Å². The van der Waals surface area contributed by atoms with Gasteiger partial charge < -0.3 is 9.47 Å². The van der Waals surface area contributed by atoms with E-state index >= 15 is 0 Å². The molecule has 0 unspecified atom stereocenters. The standard InChI is InChI=1S/C7H11BrO3/c1-2-10-7(9)11-6-4-3-5-8/h3-4H,2,5-6H2,1H3/b4-3-. The zero-order chi connectivity index (χ0) is 8.53. The highest BCUT2D eigenvalue weighted by Crippen LogP contribution is 1.87. The molecule has 0 fully saturated rings. The van der Waals surface area contributed by atoms with Gasteiger partial charge in [0.25, 0.3) is 0 Å². The van der Waals surface area contributed by atoms with Crippen LogP contribution in [0.1, 0.15) is 6.92 Å². The van der Waals surface area contributed by atoms with Crippen LogP contribution in [-0.4, -0.2) is 24.7 Å². The minimum Gasteiger partial charge on any atom is -0.435 e. The predicted octanol–water partition coefficient (Wildman–Crippen LogP) is 2.11. The smallest absolute Gasteiger partial charge is 0.435 e. The van der Waals surface area contributed by atoms with E-state index < -0.39 is 6.16 Å². The number of hydrogen-bond acceptors (Lipinski definition) is 3. The van der Waals surface area contributed by atoms with E-state index in [0.717, 1.165) is 5.33 Å². The Hall–Kier alpha value is -0.510. The van der Waals surface area contributed by atoms with Crippen LogP contribution in [-0.2, 0) is 9.47 Å². The van der Waals surface area contributed by atoms with E-state index in [9.17, 15) is 4.79 Å². The summed E-state index contributed by atoms with van der Waals surface area (Å²) in [6.45, 7) is 2.35. The average Bonchev–Trinajstić information content (AvgIpc) is 1.99. The average molecular weight is 223 g/mol. The summed E-state index contributed by atoms with van der Waals surface area (Å²) in [4.78, 5) is 10.5. The molecule has 0 heterocycles. The number of rotatable bonds is 4. The molecule has 0 aliphatic carbocycles. The summed E-state index contributed by atoms with van der Waals surface area (Å²) in [5.41, 5.74) is 0. The number of allylic oxidation sites excluding steroid dienone is 1. The fourth-order valence-electron chi connectivity index (χ4n) is 0.407. The second-order valence-electron chi connectivity index (χ2n) is 1.62. The molecule has 0 aromatic rings. The first-order chi connectivity index (χ1) is 5.31. The van der Waals surface area contributed by atoms with Gasteiger partial charge in [-0.1, -0.05) is 28.1 Å². The molecule has 0 aliphatic rings. The van der Waals surface area contributed by atoms with E-state index in [1.54, 1.807) is 13.0 Å². The molecule has 0 N–H and O–H groups in total. The molecule has 0 rings (SSSR count). The normalized spacial score (nSPS) is 10.0. The fourth-order valence-corrected chi connectivity index (χ4v) is 0.671. The van der Waals surface area contributed by atoms with Gasteiger partial charge in [-0.15, -0.1) is 0 Å². The van der Waals surface area contributed by atoms with Crippen molar-refractivity contribution in [1.82, 2.24) is 0 Å². The Balaban J connectivity index is 3.24. The Labute approximate surface area is 74.5 Å². The van der Waals surface area contributed by atoms with Crippen LogP contribution in [0.15, 0.2) is 12.2 Å². The first-order valence-electron chi connectivity index (χ1n) is 3.31. The molecule has 11 heavy (non-hydrogen) atoms.